The maximum Gasteiger partial charge on any atom is 0.296 e. The molecule has 1 saturated carbocycles. The minimum absolute atomic E-state index is 0.0490. The standard InChI is InChI=1S/C15H20N2O4/c18-17(19)13-8-15-14(20-10-21-15)7-12(13)16-9-11-5-3-1-2-4-6-11/h7-8,11,16H,1-6,9-10H2. The number of nitro benzene ring substituents is 1. The van der Waals surface area contributed by atoms with Gasteiger partial charge in [-0.1, -0.05) is 25.7 Å². The van der Waals surface area contributed by atoms with Gasteiger partial charge in [-0.25, -0.2) is 0 Å². The molecule has 3 rings (SSSR count). The summed E-state index contributed by atoms with van der Waals surface area (Å²) >= 11 is 0. The zero-order chi connectivity index (χ0) is 14.7. The molecule has 6 heteroatoms. The quantitative estimate of drug-likeness (QED) is 0.520. The average Bonchev–Trinajstić information content (AvgIpc) is 2.77. The molecule has 1 aromatic rings. The maximum absolute atomic E-state index is 11.2. The largest absolute Gasteiger partial charge is 0.454 e. The third-order valence-corrected chi connectivity index (χ3v) is 4.24. The Labute approximate surface area is 123 Å². The van der Waals surface area contributed by atoms with E-state index >= 15 is 0 Å². The van der Waals surface area contributed by atoms with Gasteiger partial charge in [-0.3, -0.25) is 10.1 Å². The molecule has 0 saturated heterocycles. The van der Waals surface area contributed by atoms with Crippen LogP contribution in [0.15, 0.2) is 12.1 Å². The van der Waals surface area contributed by atoms with E-state index in [2.05, 4.69) is 5.32 Å². The Hall–Kier alpha value is -1.98. The van der Waals surface area contributed by atoms with E-state index in [-0.39, 0.29) is 17.4 Å². The predicted molar refractivity (Wildman–Crippen MR) is 78.9 cm³/mol. The molecule has 1 N–H and O–H groups in total. The number of ether oxygens (including phenoxy) is 2. The van der Waals surface area contributed by atoms with Crippen LogP contribution in [0.25, 0.3) is 0 Å². The molecule has 2 aliphatic rings. The summed E-state index contributed by atoms with van der Waals surface area (Å²) < 4.78 is 10.5. The fourth-order valence-corrected chi connectivity index (χ4v) is 3.05. The van der Waals surface area contributed by atoms with Crippen molar-refractivity contribution in [2.24, 2.45) is 5.92 Å². The van der Waals surface area contributed by atoms with Crippen molar-refractivity contribution in [3.8, 4) is 11.5 Å². The van der Waals surface area contributed by atoms with Crippen LogP contribution >= 0.6 is 0 Å². The van der Waals surface area contributed by atoms with Crippen LogP contribution in [0.3, 0.4) is 0 Å². The first-order valence-corrected chi connectivity index (χ1v) is 7.56. The lowest BCUT2D eigenvalue weighted by atomic mass is 10.0. The fraction of sp³-hybridized carbons (Fsp3) is 0.600. The van der Waals surface area contributed by atoms with Crippen LogP contribution in [0.5, 0.6) is 11.5 Å². The van der Waals surface area contributed by atoms with Crippen LogP contribution in [0.4, 0.5) is 11.4 Å². The first-order chi connectivity index (χ1) is 10.2. The Kier molecular flexibility index (Phi) is 4.13. The third-order valence-electron chi connectivity index (χ3n) is 4.24. The van der Waals surface area contributed by atoms with Gasteiger partial charge in [-0.15, -0.1) is 0 Å². The van der Waals surface area contributed by atoms with Crippen molar-refractivity contribution >= 4 is 11.4 Å². The average molecular weight is 292 g/mol. The highest BCUT2D eigenvalue weighted by Crippen LogP contribution is 2.40. The van der Waals surface area contributed by atoms with Gasteiger partial charge in [0.1, 0.15) is 5.69 Å². The van der Waals surface area contributed by atoms with Crippen molar-refractivity contribution in [3.63, 3.8) is 0 Å². The van der Waals surface area contributed by atoms with Gasteiger partial charge in [0, 0.05) is 12.6 Å². The topological polar surface area (TPSA) is 73.6 Å². The van der Waals surface area contributed by atoms with Gasteiger partial charge in [-0.2, -0.15) is 0 Å². The van der Waals surface area contributed by atoms with E-state index in [9.17, 15) is 10.1 Å². The van der Waals surface area contributed by atoms with Gasteiger partial charge in [0.25, 0.3) is 5.69 Å². The number of benzene rings is 1. The summed E-state index contributed by atoms with van der Waals surface area (Å²) in [6.07, 6.45) is 7.53. The molecule has 1 aliphatic carbocycles. The lowest BCUT2D eigenvalue weighted by Crippen LogP contribution is -2.14. The molecular weight excluding hydrogens is 272 g/mol. The van der Waals surface area contributed by atoms with Crippen LogP contribution in [0, 0.1) is 16.0 Å². The smallest absolute Gasteiger partial charge is 0.296 e. The number of nitrogens with zero attached hydrogens (tertiary/aromatic N) is 1. The summed E-state index contributed by atoms with van der Waals surface area (Å²) in [6.45, 7) is 0.902. The molecule has 0 amide bonds. The summed E-state index contributed by atoms with van der Waals surface area (Å²) in [5.74, 6) is 1.61. The van der Waals surface area contributed by atoms with Gasteiger partial charge < -0.3 is 14.8 Å². The first-order valence-electron chi connectivity index (χ1n) is 7.56. The zero-order valence-electron chi connectivity index (χ0n) is 12.0. The van der Waals surface area contributed by atoms with Crippen LogP contribution in [0.1, 0.15) is 38.5 Å². The van der Waals surface area contributed by atoms with Crippen molar-refractivity contribution in [2.75, 3.05) is 18.7 Å². The zero-order valence-corrected chi connectivity index (χ0v) is 12.0. The number of fused-ring (bicyclic) bond motifs is 1. The van der Waals surface area contributed by atoms with Crippen LogP contribution in [-0.4, -0.2) is 18.3 Å². The Morgan fingerprint density at radius 2 is 1.81 bits per heavy atom. The number of anilines is 1. The summed E-state index contributed by atoms with van der Waals surface area (Å²) in [6, 6.07) is 3.12. The van der Waals surface area contributed by atoms with Gasteiger partial charge in [0.15, 0.2) is 11.5 Å². The van der Waals surface area contributed by atoms with Gasteiger partial charge in [0.2, 0.25) is 6.79 Å². The number of hydrogen-bond donors (Lipinski definition) is 1. The molecule has 1 aromatic carbocycles. The molecule has 0 unspecified atom stereocenters. The molecular formula is C15H20N2O4. The van der Waals surface area contributed by atoms with E-state index < -0.39 is 0 Å². The molecule has 0 bridgehead atoms. The highest BCUT2D eigenvalue weighted by molar-refractivity contribution is 5.68. The highest BCUT2D eigenvalue weighted by atomic mass is 16.7. The third kappa shape index (κ3) is 3.20. The minimum Gasteiger partial charge on any atom is -0.454 e. The van der Waals surface area contributed by atoms with Crippen molar-refractivity contribution in [2.45, 2.75) is 38.5 Å². The molecule has 0 aromatic heterocycles. The first kappa shape index (κ1) is 14.0. The second-order valence-corrected chi connectivity index (χ2v) is 5.72. The van der Waals surface area contributed by atoms with E-state index in [0.29, 0.717) is 23.1 Å². The summed E-state index contributed by atoms with van der Waals surface area (Å²) in [7, 11) is 0. The van der Waals surface area contributed by atoms with Gasteiger partial charge >= 0.3 is 0 Å². The summed E-state index contributed by atoms with van der Waals surface area (Å²) in [5, 5.41) is 14.4. The fourth-order valence-electron chi connectivity index (χ4n) is 3.05. The Morgan fingerprint density at radius 3 is 2.48 bits per heavy atom. The summed E-state index contributed by atoms with van der Waals surface area (Å²) in [4.78, 5) is 10.8. The van der Waals surface area contributed by atoms with Crippen molar-refractivity contribution < 1.29 is 14.4 Å². The van der Waals surface area contributed by atoms with E-state index in [1.54, 1.807) is 6.07 Å². The normalized spacial score (nSPS) is 18.3. The van der Waals surface area contributed by atoms with E-state index in [1.807, 2.05) is 0 Å². The second-order valence-electron chi connectivity index (χ2n) is 5.72. The van der Waals surface area contributed by atoms with Crippen LogP contribution in [0.2, 0.25) is 0 Å². The molecule has 1 aliphatic heterocycles. The number of hydrogen-bond acceptors (Lipinski definition) is 5. The van der Waals surface area contributed by atoms with E-state index in [0.717, 1.165) is 6.54 Å². The van der Waals surface area contributed by atoms with E-state index in [1.165, 1.54) is 44.6 Å². The van der Waals surface area contributed by atoms with E-state index in [4.69, 9.17) is 9.47 Å². The van der Waals surface area contributed by atoms with Crippen LogP contribution < -0.4 is 14.8 Å². The molecule has 0 atom stereocenters. The number of nitrogens with one attached hydrogen (secondary N) is 1. The molecule has 0 spiro atoms. The van der Waals surface area contributed by atoms with Gasteiger partial charge in [-0.05, 0) is 18.8 Å². The lowest BCUT2D eigenvalue weighted by Gasteiger charge is -2.16. The van der Waals surface area contributed by atoms with Crippen molar-refractivity contribution in [1.82, 2.24) is 0 Å². The molecule has 1 heterocycles. The highest BCUT2D eigenvalue weighted by Gasteiger charge is 2.24. The van der Waals surface area contributed by atoms with Gasteiger partial charge in [0.05, 0.1) is 11.0 Å². The molecule has 114 valence electrons. The molecule has 0 radical (unpaired) electrons. The maximum atomic E-state index is 11.2. The lowest BCUT2D eigenvalue weighted by molar-refractivity contribution is -0.384. The minimum atomic E-state index is -0.378. The Bertz CT molecular complexity index is 525. The SMILES string of the molecule is O=[N+]([O-])c1cc2c(cc1NCC1CCCCCC1)OCO2. The monoisotopic (exact) mass is 292 g/mol. The number of nitro groups is 1. The van der Waals surface area contributed by atoms with Crippen molar-refractivity contribution in [1.29, 1.82) is 0 Å². The molecule has 6 nitrogen and oxygen atoms in total. The second kappa shape index (κ2) is 6.20. The predicted octanol–water partition coefficient (Wildman–Crippen LogP) is 3.71. The Morgan fingerprint density at radius 1 is 1.14 bits per heavy atom. The Balaban J connectivity index is 1.73. The van der Waals surface area contributed by atoms with Crippen molar-refractivity contribution in [3.05, 3.63) is 22.2 Å². The molecule has 21 heavy (non-hydrogen) atoms. The summed E-state index contributed by atoms with van der Waals surface area (Å²) in [5.41, 5.74) is 0.571. The number of rotatable bonds is 4. The van der Waals surface area contributed by atoms with Crippen LogP contribution in [-0.2, 0) is 0 Å². The molecule has 1 fully saturated rings.